The van der Waals surface area contributed by atoms with Gasteiger partial charge in [-0.15, -0.1) is 0 Å². The van der Waals surface area contributed by atoms with Gasteiger partial charge in [0, 0.05) is 4.75 Å². The highest BCUT2D eigenvalue weighted by Gasteiger charge is 2.18. The van der Waals surface area contributed by atoms with Crippen molar-refractivity contribution in [2.45, 2.75) is 31.4 Å². The Morgan fingerprint density at radius 2 is 1.75 bits per heavy atom. The molecule has 0 aliphatic heterocycles. The van der Waals surface area contributed by atoms with E-state index in [9.17, 15) is 0 Å². The number of hydrogen-bond acceptors (Lipinski definition) is 2. The molecule has 0 bridgehead atoms. The summed E-state index contributed by atoms with van der Waals surface area (Å²) >= 11 is 4.27. The summed E-state index contributed by atoms with van der Waals surface area (Å²) in [6.07, 6.45) is 1.87. The molecule has 0 spiro atoms. The van der Waals surface area contributed by atoms with Crippen LogP contribution in [0.4, 0.5) is 0 Å². The summed E-state index contributed by atoms with van der Waals surface area (Å²) in [4.78, 5) is 0. The van der Waals surface area contributed by atoms with Crippen molar-refractivity contribution in [2.24, 2.45) is 0 Å². The first-order chi connectivity index (χ1) is 3.68. The van der Waals surface area contributed by atoms with E-state index < -0.39 is 0 Å². The smallest absolute Gasteiger partial charge is 0.0575 e. The molecule has 0 atom stereocenters. The predicted molar refractivity (Wildman–Crippen MR) is 39.4 cm³/mol. The SMILES string of the molecule is CCC(S)(CC)CO. The van der Waals surface area contributed by atoms with Gasteiger partial charge in [-0.2, -0.15) is 12.6 Å². The Labute approximate surface area is 56.5 Å². The van der Waals surface area contributed by atoms with Crippen molar-refractivity contribution in [1.29, 1.82) is 0 Å². The molecular weight excluding hydrogens is 120 g/mol. The highest BCUT2D eigenvalue weighted by Crippen LogP contribution is 2.21. The summed E-state index contributed by atoms with van der Waals surface area (Å²) in [7, 11) is 0. The average Bonchev–Trinajstić information content (AvgIpc) is 1.87. The maximum Gasteiger partial charge on any atom is 0.0575 e. The third-order valence-electron chi connectivity index (χ3n) is 1.61. The summed E-state index contributed by atoms with van der Waals surface area (Å²) in [5.41, 5.74) is 0. The van der Waals surface area contributed by atoms with Crippen LogP contribution >= 0.6 is 12.6 Å². The monoisotopic (exact) mass is 134 g/mol. The van der Waals surface area contributed by atoms with E-state index in [4.69, 9.17) is 5.11 Å². The van der Waals surface area contributed by atoms with Gasteiger partial charge in [0.25, 0.3) is 0 Å². The lowest BCUT2D eigenvalue weighted by atomic mass is 10.0. The molecule has 0 rings (SSSR count). The molecule has 1 N–H and O–H groups in total. The fraction of sp³-hybridized carbons (Fsp3) is 1.00. The Morgan fingerprint density at radius 3 is 1.75 bits per heavy atom. The first kappa shape index (κ1) is 8.31. The topological polar surface area (TPSA) is 20.2 Å². The molecule has 0 aromatic rings. The van der Waals surface area contributed by atoms with Gasteiger partial charge in [-0.05, 0) is 12.8 Å². The first-order valence-electron chi connectivity index (χ1n) is 3.01. The van der Waals surface area contributed by atoms with Crippen LogP contribution in [0.3, 0.4) is 0 Å². The minimum atomic E-state index is -0.125. The summed E-state index contributed by atoms with van der Waals surface area (Å²) in [5.74, 6) is 0. The molecule has 0 saturated heterocycles. The van der Waals surface area contributed by atoms with Gasteiger partial charge in [0.15, 0.2) is 0 Å². The largest absolute Gasteiger partial charge is 0.395 e. The van der Waals surface area contributed by atoms with E-state index >= 15 is 0 Å². The molecule has 50 valence electrons. The van der Waals surface area contributed by atoms with Crippen LogP contribution in [0.15, 0.2) is 0 Å². The van der Waals surface area contributed by atoms with Crippen LogP contribution in [-0.4, -0.2) is 16.5 Å². The van der Waals surface area contributed by atoms with Crippen LogP contribution in [0.1, 0.15) is 26.7 Å². The Hall–Kier alpha value is 0.310. The van der Waals surface area contributed by atoms with Gasteiger partial charge in [-0.25, -0.2) is 0 Å². The van der Waals surface area contributed by atoms with Gasteiger partial charge in [0.1, 0.15) is 0 Å². The van der Waals surface area contributed by atoms with Crippen LogP contribution in [0.5, 0.6) is 0 Å². The van der Waals surface area contributed by atoms with Crippen LogP contribution in [0.2, 0.25) is 0 Å². The molecule has 0 aromatic heterocycles. The van der Waals surface area contributed by atoms with E-state index in [0.29, 0.717) is 0 Å². The maximum atomic E-state index is 8.71. The quantitative estimate of drug-likeness (QED) is 0.560. The second-order valence-electron chi connectivity index (χ2n) is 2.09. The van der Waals surface area contributed by atoms with E-state index in [1.54, 1.807) is 0 Å². The van der Waals surface area contributed by atoms with Crippen molar-refractivity contribution in [3.63, 3.8) is 0 Å². The molecule has 0 aliphatic carbocycles. The highest BCUT2D eigenvalue weighted by molar-refractivity contribution is 7.81. The Bertz CT molecular complexity index is 51.3. The van der Waals surface area contributed by atoms with Crippen molar-refractivity contribution in [1.82, 2.24) is 0 Å². The van der Waals surface area contributed by atoms with Gasteiger partial charge >= 0.3 is 0 Å². The van der Waals surface area contributed by atoms with E-state index in [-0.39, 0.29) is 11.4 Å². The van der Waals surface area contributed by atoms with E-state index in [1.807, 2.05) is 13.8 Å². The molecule has 2 heteroatoms. The summed E-state index contributed by atoms with van der Waals surface area (Å²) in [5, 5.41) is 8.71. The lowest BCUT2D eigenvalue weighted by Gasteiger charge is -2.21. The number of thiol groups is 1. The third-order valence-corrected chi connectivity index (χ3v) is 2.38. The lowest BCUT2D eigenvalue weighted by molar-refractivity contribution is 0.241. The molecule has 0 saturated carbocycles. The number of aliphatic hydroxyl groups excluding tert-OH is 1. The maximum absolute atomic E-state index is 8.71. The van der Waals surface area contributed by atoms with Crippen molar-refractivity contribution in [2.75, 3.05) is 6.61 Å². The van der Waals surface area contributed by atoms with Crippen molar-refractivity contribution >= 4 is 12.6 Å². The standard InChI is InChI=1S/C6H14OS/c1-3-6(8,4-2)5-7/h7-8H,3-5H2,1-2H3. The Morgan fingerprint density at radius 1 is 1.38 bits per heavy atom. The molecule has 0 aromatic carbocycles. The molecule has 1 nitrogen and oxygen atoms in total. The second-order valence-corrected chi connectivity index (χ2v) is 3.04. The molecule has 8 heavy (non-hydrogen) atoms. The summed E-state index contributed by atoms with van der Waals surface area (Å²) < 4.78 is -0.125. The zero-order chi connectivity index (χ0) is 6.62. The summed E-state index contributed by atoms with van der Waals surface area (Å²) in [6.45, 7) is 4.25. The summed E-state index contributed by atoms with van der Waals surface area (Å²) in [6, 6.07) is 0. The molecule has 0 fully saturated rings. The van der Waals surface area contributed by atoms with Gasteiger partial charge < -0.3 is 5.11 Å². The Balaban J connectivity index is 3.58. The minimum Gasteiger partial charge on any atom is -0.395 e. The van der Waals surface area contributed by atoms with E-state index in [0.717, 1.165) is 12.8 Å². The van der Waals surface area contributed by atoms with Crippen molar-refractivity contribution in [3.05, 3.63) is 0 Å². The van der Waals surface area contributed by atoms with Crippen LogP contribution < -0.4 is 0 Å². The number of rotatable bonds is 3. The van der Waals surface area contributed by atoms with Gasteiger partial charge in [-0.1, -0.05) is 13.8 Å². The van der Waals surface area contributed by atoms with Crippen LogP contribution in [-0.2, 0) is 0 Å². The fourth-order valence-corrected chi connectivity index (χ4v) is 0.474. The van der Waals surface area contributed by atoms with Gasteiger partial charge in [0.2, 0.25) is 0 Å². The fourth-order valence-electron chi connectivity index (χ4n) is 0.474. The lowest BCUT2D eigenvalue weighted by Crippen LogP contribution is -2.23. The third kappa shape index (κ3) is 2.05. The van der Waals surface area contributed by atoms with Gasteiger partial charge in [-0.3, -0.25) is 0 Å². The number of aliphatic hydroxyl groups is 1. The Kier molecular flexibility index (Phi) is 3.49. The second kappa shape index (κ2) is 3.36. The predicted octanol–water partition coefficient (Wildman–Crippen LogP) is 1.47. The van der Waals surface area contributed by atoms with E-state index in [2.05, 4.69) is 12.6 Å². The zero-order valence-electron chi connectivity index (χ0n) is 5.52. The zero-order valence-corrected chi connectivity index (χ0v) is 6.41. The highest BCUT2D eigenvalue weighted by atomic mass is 32.1. The normalized spacial score (nSPS) is 12.0. The molecule has 0 aliphatic rings. The molecule has 0 radical (unpaired) electrons. The van der Waals surface area contributed by atoms with Crippen LogP contribution in [0.25, 0.3) is 0 Å². The van der Waals surface area contributed by atoms with Crippen molar-refractivity contribution in [3.8, 4) is 0 Å². The average molecular weight is 134 g/mol. The van der Waals surface area contributed by atoms with Crippen molar-refractivity contribution < 1.29 is 5.11 Å². The van der Waals surface area contributed by atoms with E-state index in [1.165, 1.54) is 0 Å². The van der Waals surface area contributed by atoms with Crippen LogP contribution in [0, 0.1) is 0 Å². The number of hydrogen-bond donors (Lipinski definition) is 2. The molecule has 0 heterocycles. The molecule has 0 unspecified atom stereocenters. The first-order valence-corrected chi connectivity index (χ1v) is 3.46. The minimum absolute atomic E-state index is 0.125. The molecular formula is C6H14OS. The molecule has 0 amide bonds. The van der Waals surface area contributed by atoms with Gasteiger partial charge in [0.05, 0.1) is 6.61 Å².